The average molecular weight is 385 g/mol. The number of Topliss-reactive ketones (excluding diaryl/α,β-unsaturated/α-hetero) is 1. The molecule has 4 aromatic rings. The first kappa shape index (κ1) is 18.3. The molecule has 138 valence electrons. The van der Waals surface area contributed by atoms with Crippen molar-refractivity contribution in [3.05, 3.63) is 108 Å². The molecular weight excluding hydrogens is 364 g/mol. The van der Waals surface area contributed by atoms with E-state index in [-0.39, 0.29) is 12.3 Å². The van der Waals surface area contributed by atoms with E-state index >= 15 is 0 Å². The van der Waals surface area contributed by atoms with Gasteiger partial charge in [-0.15, -0.1) is 0 Å². The van der Waals surface area contributed by atoms with Gasteiger partial charge in [-0.3, -0.25) is 4.79 Å². The Bertz CT molecular complexity index is 1040. The van der Waals surface area contributed by atoms with E-state index in [1.807, 2.05) is 89.6 Å². The zero-order valence-corrected chi connectivity index (χ0v) is 16.2. The Balaban J connectivity index is 1.61. The van der Waals surface area contributed by atoms with E-state index in [0.29, 0.717) is 0 Å². The van der Waals surface area contributed by atoms with E-state index in [1.54, 1.807) is 11.8 Å². The predicted octanol–water partition coefficient (Wildman–Crippen LogP) is 5.73. The van der Waals surface area contributed by atoms with Crippen molar-refractivity contribution >= 4 is 17.5 Å². The molecule has 28 heavy (non-hydrogen) atoms. The molecule has 1 aromatic heterocycles. The van der Waals surface area contributed by atoms with Crippen LogP contribution in [0.25, 0.3) is 11.3 Å². The number of benzene rings is 3. The van der Waals surface area contributed by atoms with Gasteiger partial charge in [-0.2, -0.15) is 0 Å². The summed E-state index contributed by atoms with van der Waals surface area (Å²) in [5.41, 5.74) is 3.89. The monoisotopic (exact) mass is 384 g/mol. The maximum absolute atomic E-state index is 12.7. The highest BCUT2D eigenvalue weighted by molar-refractivity contribution is 7.98. The van der Waals surface area contributed by atoms with Gasteiger partial charge in [0.15, 0.2) is 10.9 Å². The van der Waals surface area contributed by atoms with Gasteiger partial charge in [0.25, 0.3) is 0 Å². The highest BCUT2D eigenvalue weighted by Gasteiger charge is 2.14. The molecule has 0 unspecified atom stereocenters. The smallest absolute Gasteiger partial charge is 0.182 e. The van der Waals surface area contributed by atoms with Crippen LogP contribution in [0.5, 0.6) is 0 Å². The molecule has 0 aliphatic rings. The Morgan fingerprint density at radius 1 is 0.821 bits per heavy atom. The molecule has 0 fully saturated rings. The number of carbonyl (C=O) groups is 1. The van der Waals surface area contributed by atoms with Gasteiger partial charge in [-0.25, -0.2) is 4.98 Å². The van der Waals surface area contributed by atoms with E-state index in [4.69, 9.17) is 4.98 Å². The molecule has 0 bridgehead atoms. The highest BCUT2D eigenvalue weighted by Crippen LogP contribution is 2.27. The third kappa shape index (κ3) is 4.41. The van der Waals surface area contributed by atoms with Gasteiger partial charge in [0.2, 0.25) is 0 Å². The van der Waals surface area contributed by atoms with Crippen molar-refractivity contribution in [3.8, 4) is 11.3 Å². The fourth-order valence-electron chi connectivity index (χ4n) is 2.97. The first-order valence-corrected chi connectivity index (χ1v) is 10.2. The van der Waals surface area contributed by atoms with Crippen LogP contribution in [0.3, 0.4) is 0 Å². The van der Waals surface area contributed by atoms with Gasteiger partial charge >= 0.3 is 0 Å². The zero-order valence-electron chi connectivity index (χ0n) is 15.4. The fraction of sp³-hybridized carbons (Fsp3) is 0.0833. The van der Waals surface area contributed by atoms with Crippen molar-refractivity contribution in [2.24, 2.45) is 0 Å². The predicted molar refractivity (Wildman–Crippen MR) is 114 cm³/mol. The van der Waals surface area contributed by atoms with E-state index in [9.17, 15) is 4.79 Å². The van der Waals surface area contributed by atoms with Gasteiger partial charge < -0.3 is 4.57 Å². The number of ketones is 1. The first-order valence-electron chi connectivity index (χ1n) is 9.17. The van der Waals surface area contributed by atoms with Crippen molar-refractivity contribution in [2.75, 3.05) is 0 Å². The van der Waals surface area contributed by atoms with Crippen LogP contribution in [-0.4, -0.2) is 15.3 Å². The van der Waals surface area contributed by atoms with Crippen LogP contribution in [0.2, 0.25) is 0 Å². The molecular formula is C24H20N2OS. The lowest BCUT2D eigenvalue weighted by molar-refractivity contribution is 0.0969. The molecule has 0 amide bonds. The van der Waals surface area contributed by atoms with E-state index in [0.717, 1.165) is 27.7 Å². The minimum Gasteiger partial charge on any atom is -0.318 e. The normalized spacial score (nSPS) is 10.7. The van der Waals surface area contributed by atoms with Crippen LogP contribution >= 0.6 is 11.8 Å². The number of hydrogen-bond acceptors (Lipinski definition) is 3. The number of nitrogens with zero attached hydrogens (tertiary/aromatic N) is 2. The molecule has 1 heterocycles. The van der Waals surface area contributed by atoms with E-state index in [1.165, 1.54) is 5.56 Å². The van der Waals surface area contributed by atoms with Gasteiger partial charge in [-0.05, 0) is 5.56 Å². The van der Waals surface area contributed by atoms with Crippen LogP contribution in [0.15, 0.2) is 102 Å². The maximum atomic E-state index is 12.7. The van der Waals surface area contributed by atoms with Gasteiger partial charge in [0.1, 0.15) is 0 Å². The lowest BCUT2D eigenvalue weighted by atomic mass is 10.1. The summed E-state index contributed by atoms with van der Waals surface area (Å²) in [6.07, 6.45) is 1.98. The summed E-state index contributed by atoms with van der Waals surface area (Å²) < 4.78 is 1.96. The van der Waals surface area contributed by atoms with Crippen LogP contribution in [0.1, 0.15) is 15.9 Å². The van der Waals surface area contributed by atoms with Gasteiger partial charge in [0.05, 0.1) is 12.2 Å². The second-order valence-corrected chi connectivity index (χ2v) is 7.41. The summed E-state index contributed by atoms with van der Waals surface area (Å²) in [5, 5.41) is 0.854. The van der Waals surface area contributed by atoms with Crippen LogP contribution in [0, 0.1) is 0 Å². The average Bonchev–Trinajstić information content (AvgIpc) is 3.17. The highest BCUT2D eigenvalue weighted by atomic mass is 32.2. The largest absolute Gasteiger partial charge is 0.318 e. The van der Waals surface area contributed by atoms with Crippen LogP contribution < -0.4 is 0 Å². The summed E-state index contributed by atoms with van der Waals surface area (Å²) >= 11 is 1.65. The van der Waals surface area contributed by atoms with Crippen LogP contribution in [0.4, 0.5) is 0 Å². The maximum Gasteiger partial charge on any atom is 0.182 e. The Kier molecular flexibility index (Phi) is 5.69. The summed E-state index contributed by atoms with van der Waals surface area (Å²) in [4.78, 5) is 17.5. The van der Waals surface area contributed by atoms with Crippen LogP contribution in [-0.2, 0) is 12.3 Å². The molecule has 0 saturated carbocycles. The van der Waals surface area contributed by atoms with Crippen molar-refractivity contribution in [1.82, 2.24) is 9.55 Å². The van der Waals surface area contributed by atoms with Gasteiger partial charge in [-0.1, -0.05) is 103 Å². The van der Waals surface area contributed by atoms with Gasteiger partial charge in [0, 0.05) is 23.1 Å². The number of aromatic nitrogens is 2. The minimum absolute atomic E-state index is 0.0826. The Morgan fingerprint density at radius 3 is 2.11 bits per heavy atom. The topological polar surface area (TPSA) is 34.9 Å². The molecule has 0 aliphatic carbocycles. The Morgan fingerprint density at radius 2 is 1.43 bits per heavy atom. The second-order valence-electron chi connectivity index (χ2n) is 6.47. The summed E-state index contributed by atoms with van der Waals surface area (Å²) in [6.45, 7) is 0.279. The molecule has 3 nitrogen and oxygen atoms in total. The lowest BCUT2D eigenvalue weighted by Gasteiger charge is -2.07. The van der Waals surface area contributed by atoms with Crippen molar-refractivity contribution in [3.63, 3.8) is 0 Å². The quantitative estimate of drug-likeness (QED) is 0.302. The summed E-state index contributed by atoms with van der Waals surface area (Å²) in [7, 11) is 0. The molecule has 0 atom stereocenters. The molecule has 0 spiro atoms. The van der Waals surface area contributed by atoms with E-state index in [2.05, 4.69) is 12.1 Å². The fourth-order valence-corrected chi connectivity index (χ4v) is 3.90. The standard InChI is InChI=1S/C24H20N2OS/c27-23(21-14-8-3-9-15-21)17-26-16-22(20-12-6-2-7-13-20)25-24(26)28-18-19-10-4-1-5-11-19/h1-16H,17-18H2. The molecule has 0 radical (unpaired) electrons. The Labute approximate surface area is 169 Å². The molecule has 4 heteroatoms. The molecule has 4 rings (SSSR count). The number of rotatable bonds is 7. The second kappa shape index (κ2) is 8.72. The lowest BCUT2D eigenvalue weighted by Crippen LogP contribution is -2.10. The van der Waals surface area contributed by atoms with Crippen molar-refractivity contribution in [1.29, 1.82) is 0 Å². The summed E-state index contributed by atoms with van der Waals surface area (Å²) in [6, 6.07) is 29.8. The zero-order chi connectivity index (χ0) is 19.2. The molecule has 3 aromatic carbocycles. The Hall–Kier alpha value is -3.11. The summed E-state index contributed by atoms with van der Waals surface area (Å²) in [5.74, 6) is 0.894. The SMILES string of the molecule is O=C(Cn1cc(-c2ccccc2)nc1SCc1ccccc1)c1ccccc1. The third-order valence-corrected chi connectivity index (χ3v) is 5.49. The molecule has 0 N–H and O–H groups in total. The van der Waals surface area contributed by atoms with Crippen molar-refractivity contribution < 1.29 is 4.79 Å². The van der Waals surface area contributed by atoms with Crippen molar-refractivity contribution in [2.45, 2.75) is 17.5 Å². The third-order valence-electron chi connectivity index (χ3n) is 4.43. The first-order chi connectivity index (χ1) is 13.8. The minimum atomic E-state index is 0.0826. The number of thioether (sulfide) groups is 1. The number of hydrogen-bond donors (Lipinski definition) is 0. The van der Waals surface area contributed by atoms with E-state index < -0.39 is 0 Å². The number of imidazole rings is 1. The molecule has 0 aliphatic heterocycles. The number of carbonyl (C=O) groups excluding carboxylic acids is 1. The molecule has 0 saturated heterocycles.